The number of nitrogens with zero attached hydrogens (tertiary/aromatic N) is 15. The van der Waals surface area contributed by atoms with E-state index in [4.69, 9.17) is 23.7 Å². The Balaban J connectivity index is 0.000000230. The SMILES string of the molecule is CC(F)(F)C(F)(F)C(F)(F)CCOC1=NCN=C1C1=CCCN(C(F)(F)F)C1.CCC(F)(F)CCCOC1=NCN=C1C1=CCCN(C)C1.CN1CCC=C(C2=NCN=C2OCCC(F)(F)C(F)(F)C(C)(F)F)C1.CN1CCC=C(C2=NCN=C2OCCCC(F)(F)C(C)(F)F)C1.CN1CCC=C(C2=NCN=C2OCCCCC(C)(F)F)C1. The second kappa shape index (κ2) is 42.9. The molecule has 0 radical (unpaired) electrons. The molecule has 10 aliphatic rings. The topological polar surface area (TPSA) is 186 Å². The van der Waals surface area contributed by atoms with Crippen LogP contribution in [0.2, 0.25) is 0 Å². The van der Waals surface area contributed by atoms with E-state index in [-0.39, 0.29) is 115 Å². The Kier molecular flexibility index (Phi) is 36.1. The minimum atomic E-state index is -5.60. The molecule has 43 heteroatoms. The van der Waals surface area contributed by atoms with Crippen LogP contribution >= 0.6 is 0 Å². The lowest BCUT2D eigenvalue weighted by atomic mass is 10.0. The van der Waals surface area contributed by atoms with Crippen LogP contribution in [0, 0.1) is 0 Å². The molecular weight excluding hydrogens is 1630 g/mol. The predicted molar refractivity (Wildman–Crippen MR) is 404 cm³/mol. The van der Waals surface area contributed by atoms with E-state index in [1.807, 2.05) is 25.1 Å². The average Bonchev–Trinajstić information content (AvgIpc) is 1.09. The van der Waals surface area contributed by atoms with Gasteiger partial charge in [0.25, 0.3) is 0 Å². The molecule has 0 N–H and O–H groups in total. The average molecular weight is 1730 g/mol. The second-order valence-corrected chi connectivity index (χ2v) is 29.6. The standard InChI is InChI=1S/C15H16F9N3O.C15H19F6N3O.C15H21F4N3O.2C15H23F2N3O/c1-12(16,17)14(20,21)13(18,19)4-6-28-11-10(25-8-26-11)9-3-2-5-27(7-9)15(22,23)24;1-13(16,17)15(20,21)14(18,19)5-7-25-12-11(22-9-23-12)10-4-3-6-24(2)8-10;1-14(16,17)15(18,19)6-4-8-23-13-12(20-10-21-13)11-5-3-7-22(2)9-11;1-15(16,17)7-3-4-9-21-14-13(18-11-19-14)12-6-5-8-20(2)10-12;1-3-15(16,17)7-5-9-21-14-13(18-11-19-14)12-6-4-8-20(2)10-12/h3H,2,4-8H2,1H3;4H,3,5-9H2,1-2H3;5H,3-4,6-10H2,1-2H3;2*6H,3-5,7-11H2,1-2H3. The molecule has 0 aromatic carbocycles. The van der Waals surface area contributed by atoms with Gasteiger partial charge in [-0.15, -0.1) is 0 Å². The summed E-state index contributed by atoms with van der Waals surface area (Å²) in [7, 11) is 8.03. The van der Waals surface area contributed by atoms with Crippen molar-refractivity contribution in [3.63, 3.8) is 0 Å². The Morgan fingerprint density at radius 2 is 0.585 bits per heavy atom. The number of likely N-dealkylation sites (N-methyl/N-ethyl adjacent to an activating group) is 4. The van der Waals surface area contributed by atoms with Crippen LogP contribution in [0.5, 0.6) is 0 Å². The van der Waals surface area contributed by atoms with E-state index in [1.54, 1.807) is 0 Å². The lowest BCUT2D eigenvalue weighted by Gasteiger charge is -2.31. The van der Waals surface area contributed by atoms with Crippen molar-refractivity contribution >= 4 is 58.0 Å². The van der Waals surface area contributed by atoms with Crippen molar-refractivity contribution in [3.05, 3.63) is 58.2 Å². The molecule has 0 bridgehead atoms. The molecule has 0 fully saturated rings. The smallest absolute Gasteiger partial charge is 0.460 e. The lowest BCUT2D eigenvalue weighted by Crippen LogP contribution is -2.53. The molecule has 668 valence electrons. The van der Waals surface area contributed by atoms with Crippen molar-refractivity contribution in [1.29, 1.82) is 0 Å². The molecule has 10 heterocycles. The molecule has 0 aliphatic carbocycles. The summed E-state index contributed by atoms with van der Waals surface area (Å²) < 4.78 is 326. The van der Waals surface area contributed by atoms with Crippen molar-refractivity contribution in [1.82, 2.24) is 24.5 Å². The molecule has 0 atom stereocenters. The first-order valence-electron chi connectivity index (χ1n) is 38.2. The zero-order valence-corrected chi connectivity index (χ0v) is 67.1. The Morgan fingerprint density at radius 1 is 0.305 bits per heavy atom. The van der Waals surface area contributed by atoms with E-state index >= 15 is 0 Å². The van der Waals surface area contributed by atoms with Gasteiger partial charge in [0.15, 0.2) is 0 Å². The number of unbranched alkanes of at least 4 members (excludes halogenated alkanes) is 1. The Labute approximate surface area is 669 Å². The fraction of sp³-hybridized carbons (Fsp3) is 0.733. The highest BCUT2D eigenvalue weighted by Crippen LogP contribution is 2.49. The number of rotatable bonds is 30. The van der Waals surface area contributed by atoms with Crippen molar-refractivity contribution in [3.8, 4) is 0 Å². The number of hydrogen-bond donors (Lipinski definition) is 0. The van der Waals surface area contributed by atoms with Crippen LogP contribution in [0.1, 0.15) is 131 Å². The molecule has 0 unspecified atom stereocenters. The summed E-state index contributed by atoms with van der Waals surface area (Å²) in [6.07, 6.45) is 5.49. The normalized spacial score (nSPS) is 20.1. The first-order valence-corrected chi connectivity index (χ1v) is 38.2. The third-order valence-electron chi connectivity index (χ3n) is 19.2. The van der Waals surface area contributed by atoms with Crippen molar-refractivity contribution in [2.75, 3.05) is 160 Å². The summed E-state index contributed by atoms with van der Waals surface area (Å²) in [4.78, 5) is 49.9. The van der Waals surface area contributed by atoms with Crippen LogP contribution < -0.4 is 0 Å². The van der Waals surface area contributed by atoms with Crippen molar-refractivity contribution in [2.45, 2.75) is 196 Å². The molecule has 20 nitrogen and oxygen atoms in total. The van der Waals surface area contributed by atoms with E-state index in [0.29, 0.717) is 74.9 Å². The van der Waals surface area contributed by atoms with Crippen molar-refractivity contribution in [2.24, 2.45) is 49.9 Å². The number of halogens is 23. The minimum absolute atomic E-state index is 0.0241. The van der Waals surface area contributed by atoms with Gasteiger partial charge in [0.2, 0.25) is 41.3 Å². The summed E-state index contributed by atoms with van der Waals surface area (Å²) in [5, 5.41) is 0. The third-order valence-corrected chi connectivity index (χ3v) is 19.2. The highest BCUT2D eigenvalue weighted by molar-refractivity contribution is 6.48. The van der Waals surface area contributed by atoms with Gasteiger partial charge in [0.05, 0.1) is 45.9 Å². The maximum Gasteiger partial charge on any atom is 0.460 e. The van der Waals surface area contributed by atoms with Crippen LogP contribution in [0.25, 0.3) is 0 Å². The fourth-order valence-electron chi connectivity index (χ4n) is 12.3. The number of alkyl halides is 23. The van der Waals surface area contributed by atoms with Crippen LogP contribution in [0.3, 0.4) is 0 Å². The molecule has 0 aromatic heterocycles. The largest absolute Gasteiger partial charge is 0.476 e. The van der Waals surface area contributed by atoms with E-state index in [1.165, 1.54) is 13.0 Å². The van der Waals surface area contributed by atoms with Gasteiger partial charge in [-0.05, 0) is 121 Å². The van der Waals surface area contributed by atoms with Gasteiger partial charge in [-0.25, -0.2) is 56.2 Å². The summed E-state index contributed by atoms with van der Waals surface area (Å²) in [5.41, 5.74) is 6.74. The van der Waals surface area contributed by atoms with Gasteiger partial charge in [-0.2, -0.15) is 74.6 Å². The monoisotopic (exact) mass is 1730 g/mol. The summed E-state index contributed by atoms with van der Waals surface area (Å²) in [6, 6.07) is 0. The molecule has 0 aromatic rings. The molecule has 0 amide bonds. The highest BCUT2D eigenvalue weighted by Gasteiger charge is 2.70. The van der Waals surface area contributed by atoms with Gasteiger partial charge in [0.1, 0.15) is 61.9 Å². The Bertz CT molecular complexity index is 3820. The van der Waals surface area contributed by atoms with Gasteiger partial charge in [-0.1, -0.05) is 37.3 Å². The van der Waals surface area contributed by atoms with Gasteiger partial charge in [-0.3, -0.25) is 25.0 Å². The van der Waals surface area contributed by atoms with Gasteiger partial charge in [0, 0.05) is 112 Å². The molecule has 118 heavy (non-hydrogen) atoms. The van der Waals surface area contributed by atoms with Crippen LogP contribution in [0.15, 0.2) is 108 Å². The molecule has 0 saturated carbocycles. The summed E-state index contributed by atoms with van der Waals surface area (Å²) in [6.45, 7) is 7.58. The van der Waals surface area contributed by atoms with Crippen LogP contribution in [-0.4, -0.2) is 308 Å². The maximum atomic E-state index is 13.5. The summed E-state index contributed by atoms with van der Waals surface area (Å²) in [5.74, 6) is -43.1. The molecule has 10 aliphatic heterocycles. The predicted octanol–water partition coefficient (Wildman–Crippen LogP) is 16.6. The molecular formula is C75H102F23N15O5. The molecule has 10 rings (SSSR count). The zero-order valence-electron chi connectivity index (χ0n) is 67.1. The van der Waals surface area contributed by atoms with Crippen LogP contribution in [-0.2, 0) is 23.7 Å². The number of aliphatic imine (C=N–C) groups is 10. The maximum absolute atomic E-state index is 13.5. The first kappa shape index (κ1) is 99.4. The van der Waals surface area contributed by atoms with E-state index in [0.717, 1.165) is 112 Å². The number of ether oxygens (including phenoxy) is 5. The quantitative estimate of drug-likeness (QED) is 0.0381. The Hall–Kier alpha value is -7.41. The molecule has 0 saturated heterocycles. The van der Waals surface area contributed by atoms with Gasteiger partial charge < -0.3 is 43.3 Å². The number of hydrogen-bond acceptors (Lipinski definition) is 20. The summed E-state index contributed by atoms with van der Waals surface area (Å²) >= 11 is 0. The fourth-order valence-corrected chi connectivity index (χ4v) is 12.3. The molecule has 0 spiro atoms. The van der Waals surface area contributed by atoms with E-state index in [9.17, 15) is 101 Å². The van der Waals surface area contributed by atoms with Gasteiger partial charge >= 0.3 is 53.7 Å². The van der Waals surface area contributed by atoms with Crippen LogP contribution in [0.4, 0.5) is 101 Å². The first-order chi connectivity index (χ1) is 54.8. The minimum Gasteiger partial charge on any atom is -0.476 e. The third kappa shape index (κ3) is 29.7. The van der Waals surface area contributed by atoms with E-state index in [2.05, 4.69) is 96.9 Å². The Morgan fingerprint density at radius 3 is 0.856 bits per heavy atom. The van der Waals surface area contributed by atoms with Crippen molar-refractivity contribution < 1.29 is 125 Å². The zero-order chi connectivity index (χ0) is 87.9. The highest BCUT2D eigenvalue weighted by atomic mass is 19.4. The second-order valence-electron chi connectivity index (χ2n) is 29.6. The lowest BCUT2D eigenvalue weighted by molar-refractivity contribution is -0.305. The van der Waals surface area contributed by atoms with E-state index < -0.39 is 110 Å².